The Labute approximate surface area is 83.6 Å². The van der Waals surface area contributed by atoms with E-state index in [2.05, 4.69) is 16.9 Å². The van der Waals surface area contributed by atoms with Crippen LogP contribution in [0.15, 0.2) is 18.3 Å². The molecule has 0 aliphatic carbocycles. The molecule has 0 atom stereocenters. The second kappa shape index (κ2) is 4.09. The molecule has 0 aliphatic heterocycles. The van der Waals surface area contributed by atoms with Crippen molar-refractivity contribution in [3.63, 3.8) is 0 Å². The number of amides is 1. The number of aromatic nitrogens is 2. The molecule has 1 heterocycles. The third kappa shape index (κ3) is 2.22. The van der Waals surface area contributed by atoms with Gasteiger partial charge >= 0.3 is 0 Å². The fourth-order valence-electron chi connectivity index (χ4n) is 1.02. The van der Waals surface area contributed by atoms with Crippen molar-refractivity contribution in [3.8, 4) is 0 Å². The Morgan fingerprint density at radius 1 is 1.71 bits per heavy atom. The lowest BCUT2D eigenvalue weighted by molar-refractivity contribution is -0.117. The van der Waals surface area contributed by atoms with Crippen LogP contribution in [0.5, 0.6) is 0 Å². The molecule has 4 heteroatoms. The van der Waals surface area contributed by atoms with Crippen molar-refractivity contribution in [1.29, 1.82) is 0 Å². The van der Waals surface area contributed by atoms with Gasteiger partial charge in [-0.05, 0) is 13.8 Å². The number of nitrogens with zero attached hydrogens (tertiary/aromatic N) is 2. The molecule has 0 spiro atoms. The van der Waals surface area contributed by atoms with Crippen molar-refractivity contribution in [3.05, 3.63) is 29.9 Å². The van der Waals surface area contributed by atoms with E-state index < -0.39 is 0 Å². The van der Waals surface area contributed by atoms with E-state index >= 15 is 0 Å². The summed E-state index contributed by atoms with van der Waals surface area (Å²) in [6.45, 7) is 7.65. The zero-order valence-corrected chi connectivity index (χ0v) is 8.79. The Hall–Kier alpha value is -1.58. The van der Waals surface area contributed by atoms with Crippen LogP contribution < -0.4 is 5.32 Å². The quantitative estimate of drug-likeness (QED) is 0.726. The Morgan fingerprint density at radius 3 is 2.79 bits per heavy atom. The number of imidazole rings is 1. The lowest BCUT2D eigenvalue weighted by Gasteiger charge is -2.05. The van der Waals surface area contributed by atoms with Gasteiger partial charge in [-0.25, -0.2) is 4.98 Å². The van der Waals surface area contributed by atoms with Gasteiger partial charge in [-0.1, -0.05) is 6.58 Å². The number of aryl methyl sites for hydroxylation is 1. The fourth-order valence-corrected chi connectivity index (χ4v) is 1.02. The summed E-state index contributed by atoms with van der Waals surface area (Å²) in [5.41, 5.74) is 1.58. The topological polar surface area (TPSA) is 46.9 Å². The summed E-state index contributed by atoms with van der Waals surface area (Å²) in [4.78, 5) is 15.4. The van der Waals surface area contributed by atoms with Crippen molar-refractivity contribution >= 4 is 5.91 Å². The highest BCUT2D eigenvalue weighted by Gasteiger charge is 2.05. The van der Waals surface area contributed by atoms with Crippen molar-refractivity contribution in [2.45, 2.75) is 20.4 Å². The van der Waals surface area contributed by atoms with E-state index in [9.17, 15) is 4.79 Å². The fraction of sp³-hybridized carbons (Fsp3) is 0.400. The first-order valence-electron chi connectivity index (χ1n) is 4.43. The lowest BCUT2D eigenvalue weighted by atomic mass is 10.3. The van der Waals surface area contributed by atoms with Crippen LogP contribution in [0.25, 0.3) is 0 Å². The van der Waals surface area contributed by atoms with E-state index in [0.29, 0.717) is 12.1 Å². The summed E-state index contributed by atoms with van der Waals surface area (Å²) >= 11 is 0. The van der Waals surface area contributed by atoms with Crippen molar-refractivity contribution in [2.24, 2.45) is 7.05 Å². The summed E-state index contributed by atoms with van der Waals surface area (Å²) < 4.78 is 1.94. The molecule has 1 amide bonds. The highest BCUT2D eigenvalue weighted by atomic mass is 16.1. The standard InChI is InChI=1S/C10H15N3O/c1-7(2)10(14)12-6-9-11-5-8(3)13(9)4/h5H,1,6H2,2-4H3,(H,12,14). The first-order valence-corrected chi connectivity index (χ1v) is 4.43. The monoisotopic (exact) mass is 193 g/mol. The van der Waals surface area contributed by atoms with Crippen molar-refractivity contribution in [1.82, 2.24) is 14.9 Å². The molecular formula is C10H15N3O. The number of carbonyl (C=O) groups excluding carboxylic acids is 1. The highest BCUT2D eigenvalue weighted by molar-refractivity contribution is 5.91. The maximum absolute atomic E-state index is 11.2. The summed E-state index contributed by atoms with van der Waals surface area (Å²) in [6.07, 6.45) is 1.78. The number of nitrogens with one attached hydrogen (secondary N) is 1. The molecule has 0 saturated heterocycles. The van der Waals surface area contributed by atoms with Crippen molar-refractivity contribution < 1.29 is 4.79 Å². The van der Waals surface area contributed by atoms with Gasteiger partial charge in [-0.15, -0.1) is 0 Å². The third-order valence-electron chi connectivity index (χ3n) is 2.11. The molecule has 14 heavy (non-hydrogen) atoms. The second-order valence-corrected chi connectivity index (χ2v) is 3.34. The molecule has 0 saturated carbocycles. The third-order valence-corrected chi connectivity index (χ3v) is 2.11. The molecule has 0 aliphatic rings. The van der Waals surface area contributed by atoms with Gasteiger partial charge in [0.25, 0.3) is 0 Å². The van der Waals surface area contributed by atoms with Crippen LogP contribution in [0, 0.1) is 6.92 Å². The van der Waals surface area contributed by atoms with E-state index in [0.717, 1.165) is 11.5 Å². The van der Waals surface area contributed by atoms with Crippen LogP contribution >= 0.6 is 0 Å². The molecule has 0 aromatic carbocycles. The molecule has 4 nitrogen and oxygen atoms in total. The molecule has 0 radical (unpaired) electrons. The van der Waals surface area contributed by atoms with Gasteiger partial charge in [-0.3, -0.25) is 4.79 Å². The molecule has 1 aromatic heterocycles. The molecular weight excluding hydrogens is 178 g/mol. The van der Waals surface area contributed by atoms with E-state index in [-0.39, 0.29) is 5.91 Å². The predicted octanol–water partition coefficient (Wildman–Crippen LogP) is 0.921. The molecule has 76 valence electrons. The van der Waals surface area contributed by atoms with Crippen LogP contribution in [0.2, 0.25) is 0 Å². The summed E-state index contributed by atoms with van der Waals surface area (Å²) in [6, 6.07) is 0. The van der Waals surface area contributed by atoms with E-state index in [4.69, 9.17) is 0 Å². The number of carbonyl (C=O) groups is 1. The van der Waals surface area contributed by atoms with Crippen molar-refractivity contribution in [2.75, 3.05) is 0 Å². The smallest absolute Gasteiger partial charge is 0.246 e. The van der Waals surface area contributed by atoms with Gasteiger partial charge in [0.2, 0.25) is 5.91 Å². The summed E-state index contributed by atoms with van der Waals surface area (Å²) in [7, 11) is 1.92. The Balaban J connectivity index is 2.58. The predicted molar refractivity (Wildman–Crippen MR) is 54.6 cm³/mol. The molecule has 0 bridgehead atoms. The van der Waals surface area contributed by atoms with Gasteiger partial charge in [0.05, 0.1) is 6.54 Å². The largest absolute Gasteiger partial charge is 0.345 e. The summed E-state index contributed by atoms with van der Waals surface area (Å²) in [5, 5.41) is 2.73. The maximum atomic E-state index is 11.2. The summed E-state index contributed by atoms with van der Waals surface area (Å²) in [5.74, 6) is 0.711. The minimum atomic E-state index is -0.134. The van der Waals surface area contributed by atoms with E-state index in [1.807, 2.05) is 18.5 Å². The van der Waals surface area contributed by atoms with Gasteiger partial charge in [0, 0.05) is 24.5 Å². The Kier molecular flexibility index (Phi) is 3.06. The van der Waals surface area contributed by atoms with Crippen LogP contribution in [-0.2, 0) is 18.4 Å². The molecule has 0 unspecified atom stereocenters. The zero-order chi connectivity index (χ0) is 10.7. The van der Waals surface area contributed by atoms with Crippen LogP contribution in [0.1, 0.15) is 18.4 Å². The number of hydrogen-bond acceptors (Lipinski definition) is 2. The SMILES string of the molecule is C=C(C)C(=O)NCc1ncc(C)n1C. The van der Waals surface area contributed by atoms with Gasteiger partial charge in [0.15, 0.2) is 0 Å². The van der Waals surface area contributed by atoms with E-state index in [1.54, 1.807) is 13.1 Å². The normalized spacial score (nSPS) is 9.93. The first-order chi connectivity index (χ1) is 6.52. The number of rotatable bonds is 3. The molecule has 1 aromatic rings. The molecule has 1 rings (SSSR count). The first kappa shape index (κ1) is 10.5. The zero-order valence-electron chi connectivity index (χ0n) is 8.79. The minimum Gasteiger partial charge on any atom is -0.345 e. The van der Waals surface area contributed by atoms with Crippen LogP contribution in [0.3, 0.4) is 0 Å². The maximum Gasteiger partial charge on any atom is 0.246 e. The second-order valence-electron chi connectivity index (χ2n) is 3.34. The molecule has 0 fully saturated rings. The van der Waals surface area contributed by atoms with E-state index in [1.165, 1.54) is 0 Å². The van der Waals surface area contributed by atoms with Crippen LogP contribution in [0.4, 0.5) is 0 Å². The number of hydrogen-bond donors (Lipinski definition) is 1. The van der Waals surface area contributed by atoms with Crippen LogP contribution in [-0.4, -0.2) is 15.5 Å². The highest BCUT2D eigenvalue weighted by Crippen LogP contribution is 2.00. The molecule has 1 N–H and O–H groups in total. The van der Waals surface area contributed by atoms with Gasteiger partial charge in [-0.2, -0.15) is 0 Å². The minimum absolute atomic E-state index is 0.134. The Bertz CT molecular complexity index is 365. The van der Waals surface area contributed by atoms with Gasteiger partial charge < -0.3 is 9.88 Å². The average molecular weight is 193 g/mol. The van der Waals surface area contributed by atoms with Gasteiger partial charge in [0.1, 0.15) is 5.82 Å². The lowest BCUT2D eigenvalue weighted by Crippen LogP contribution is -2.24. The Morgan fingerprint density at radius 2 is 2.36 bits per heavy atom. The average Bonchev–Trinajstić information content (AvgIpc) is 2.44.